The third-order valence-corrected chi connectivity index (χ3v) is 7.77. The third-order valence-electron chi connectivity index (χ3n) is 6.34. The van der Waals surface area contributed by atoms with Crippen LogP contribution in [0.4, 0.5) is 17.6 Å². The van der Waals surface area contributed by atoms with Gasteiger partial charge in [0.25, 0.3) is 0 Å². The molecule has 0 fully saturated rings. The lowest BCUT2D eigenvalue weighted by Gasteiger charge is -2.19. The molecule has 0 radical (unpaired) electrons. The average molecular weight is 607 g/mol. The Labute approximate surface area is 238 Å². The van der Waals surface area contributed by atoms with Crippen molar-refractivity contribution >= 4 is 15.9 Å². The summed E-state index contributed by atoms with van der Waals surface area (Å²) in [5.74, 6) is -2.23. The summed E-state index contributed by atoms with van der Waals surface area (Å²) >= 11 is 0. The van der Waals surface area contributed by atoms with Gasteiger partial charge in [-0.2, -0.15) is 18.3 Å². The number of nitrogens with zero attached hydrogens (tertiary/aromatic N) is 2. The van der Waals surface area contributed by atoms with E-state index in [2.05, 4.69) is 9.82 Å². The summed E-state index contributed by atoms with van der Waals surface area (Å²) < 4.78 is 94.9. The SMILES string of the molecule is COc1ccc(CNS(=O)(=O)c2cc(C(C(N)=O)c3ccccc3F)ccc2-n2cc(CC(F)(F)F)cn2)c(OC)c1. The first kappa shape index (κ1) is 30.5. The number of hydrogen-bond donors (Lipinski definition) is 2. The molecular formula is C28H26F4N4O5S. The standard InChI is InChI=1S/C28H26F4N4O5S/c1-40-20-9-7-19(24(12-20)41-2)15-35-42(38,39)25-11-18(26(27(33)37)21-5-3-4-6-22(21)29)8-10-23(25)36-16-17(14-34-36)13-28(30,31)32/h3-12,14,16,26,35H,13,15H2,1-2H3,(H2,33,37). The van der Waals surface area contributed by atoms with Crippen molar-refractivity contribution in [2.75, 3.05) is 14.2 Å². The monoisotopic (exact) mass is 606 g/mol. The molecule has 0 bridgehead atoms. The molecule has 4 rings (SSSR count). The Morgan fingerprint density at radius 2 is 1.81 bits per heavy atom. The lowest BCUT2D eigenvalue weighted by molar-refractivity contribution is -0.127. The van der Waals surface area contributed by atoms with Crippen molar-refractivity contribution < 1.29 is 40.2 Å². The minimum absolute atomic E-state index is 0.0430. The Morgan fingerprint density at radius 3 is 2.45 bits per heavy atom. The second-order valence-corrected chi connectivity index (χ2v) is 10.9. The van der Waals surface area contributed by atoms with Gasteiger partial charge in [0.2, 0.25) is 15.9 Å². The Bertz CT molecular complexity index is 1710. The highest BCUT2D eigenvalue weighted by molar-refractivity contribution is 7.89. The van der Waals surface area contributed by atoms with Crippen LogP contribution in [0.3, 0.4) is 0 Å². The molecule has 3 N–H and O–H groups in total. The molecule has 42 heavy (non-hydrogen) atoms. The number of primary amides is 1. The second-order valence-electron chi connectivity index (χ2n) is 9.17. The largest absolute Gasteiger partial charge is 0.497 e. The Kier molecular flexibility index (Phi) is 8.87. The predicted molar refractivity (Wildman–Crippen MR) is 144 cm³/mol. The van der Waals surface area contributed by atoms with Crippen LogP contribution in [0.5, 0.6) is 11.5 Å². The van der Waals surface area contributed by atoms with E-state index >= 15 is 0 Å². The molecular weight excluding hydrogens is 580 g/mol. The van der Waals surface area contributed by atoms with Gasteiger partial charge in [0, 0.05) is 29.9 Å². The van der Waals surface area contributed by atoms with Crippen LogP contribution < -0.4 is 19.9 Å². The minimum Gasteiger partial charge on any atom is -0.497 e. The summed E-state index contributed by atoms with van der Waals surface area (Å²) in [7, 11) is -1.58. The summed E-state index contributed by atoms with van der Waals surface area (Å²) in [5, 5.41) is 3.93. The number of alkyl halides is 3. The van der Waals surface area contributed by atoms with Gasteiger partial charge in [-0.05, 0) is 35.4 Å². The van der Waals surface area contributed by atoms with Gasteiger partial charge in [0.15, 0.2) is 0 Å². The number of hydrogen-bond acceptors (Lipinski definition) is 6. The minimum atomic E-state index is -4.51. The highest BCUT2D eigenvalue weighted by Gasteiger charge is 2.30. The van der Waals surface area contributed by atoms with Crippen LogP contribution >= 0.6 is 0 Å². The molecule has 1 atom stereocenters. The number of nitrogens with two attached hydrogens (primary N) is 1. The van der Waals surface area contributed by atoms with E-state index in [4.69, 9.17) is 15.2 Å². The maximum Gasteiger partial charge on any atom is 0.393 e. The topological polar surface area (TPSA) is 126 Å². The van der Waals surface area contributed by atoms with Crippen LogP contribution in [0.25, 0.3) is 5.69 Å². The molecule has 0 aliphatic heterocycles. The summed E-state index contributed by atoms with van der Waals surface area (Å²) in [6.45, 7) is -0.246. The van der Waals surface area contributed by atoms with Crippen LogP contribution in [0, 0.1) is 5.82 Å². The number of carbonyl (C=O) groups excluding carboxylic acids is 1. The number of methoxy groups -OCH3 is 2. The molecule has 1 unspecified atom stereocenters. The lowest BCUT2D eigenvalue weighted by Crippen LogP contribution is -2.27. The number of halogens is 4. The first-order valence-electron chi connectivity index (χ1n) is 12.3. The van der Waals surface area contributed by atoms with Crippen molar-refractivity contribution in [3.05, 3.63) is 101 Å². The fourth-order valence-corrected chi connectivity index (χ4v) is 5.61. The quantitative estimate of drug-likeness (QED) is 0.246. The predicted octanol–water partition coefficient (Wildman–Crippen LogP) is 4.23. The number of sulfonamides is 1. The molecule has 4 aromatic rings. The van der Waals surface area contributed by atoms with Gasteiger partial charge in [-0.1, -0.05) is 30.3 Å². The van der Waals surface area contributed by atoms with Crippen LogP contribution in [0.15, 0.2) is 78.0 Å². The summed E-state index contributed by atoms with van der Waals surface area (Å²) in [4.78, 5) is 12.0. The third kappa shape index (κ3) is 6.89. The Morgan fingerprint density at radius 1 is 1.07 bits per heavy atom. The number of nitrogens with one attached hydrogen (secondary N) is 1. The lowest BCUT2D eigenvalue weighted by atomic mass is 9.90. The fourth-order valence-electron chi connectivity index (χ4n) is 4.38. The molecule has 222 valence electrons. The number of rotatable bonds is 11. The van der Waals surface area contributed by atoms with Crippen molar-refractivity contribution in [1.82, 2.24) is 14.5 Å². The average Bonchev–Trinajstić information content (AvgIpc) is 3.39. The molecule has 0 saturated heterocycles. The molecule has 0 spiro atoms. The highest BCUT2D eigenvalue weighted by atomic mass is 32.2. The van der Waals surface area contributed by atoms with E-state index in [1.54, 1.807) is 18.2 Å². The molecule has 14 heteroatoms. The molecule has 0 aliphatic carbocycles. The van der Waals surface area contributed by atoms with Crippen molar-refractivity contribution in [1.29, 1.82) is 0 Å². The van der Waals surface area contributed by atoms with E-state index in [9.17, 15) is 30.8 Å². The van der Waals surface area contributed by atoms with Crippen LogP contribution in [0.1, 0.15) is 28.2 Å². The van der Waals surface area contributed by atoms with Gasteiger partial charge in [0.05, 0.1) is 38.4 Å². The van der Waals surface area contributed by atoms with Crippen molar-refractivity contribution in [3.8, 4) is 17.2 Å². The fraction of sp³-hybridized carbons (Fsp3) is 0.214. The summed E-state index contributed by atoms with van der Waals surface area (Å²) in [6.07, 6.45) is -3.77. The van der Waals surface area contributed by atoms with Crippen molar-refractivity contribution in [2.24, 2.45) is 5.73 Å². The maximum absolute atomic E-state index is 14.7. The normalized spacial score (nSPS) is 12.6. The van der Waals surface area contributed by atoms with Gasteiger partial charge < -0.3 is 15.2 Å². The van der Waals surface area contributed by atoms with Crippen LogP contribution in [0.2, 0.25) is 0 Å². The van der Waals surface area contributed by atoms with Crippen LogP contribution in [-0.4, -0.2) is 44.5 Å². The Hall–Kier alpha value is -4.43. The van der Waals surface area contributed by atoms with Gasteiger partial charge in [-0.25, -0.2) is 22.2 Å². The van der Waals surface area contributed by atoms with E-state index in [-0.39, 0.29) is 28.9 Å². The molecule has 9 nitrogen and oxygen atoms in total. The highest BCUT2D eigenvalue weighted by Crippen LogP contribution is 2.32. The zero-order chi connectivity index (χ0) is 30.7. The van der Waals surface area contributed by atoms with Crippen molar-refractivity contribution in [3.63, 3.8) is 0 Å². The van der Waals surface area contributed by atoms with E-state index in [1.165, 1.54) is 44.6 Å². The van der Waals surface area contributed by atoms with Gasteiger partial charge >= 0.3 is 6.18 Å². The second kappa shape index (κ2) is 12.2. The van der Waals surface area contributed by atoms with E-state index in [1.807, 2.05) is 0 Å². The zero-order valence-electron chi connectivity index (χ0n) is 22.4. The van der Waals surface area contributed by atoms with E-state index in [0.717, 1.165) is 29.2 Å². The molecule has 1 aromatic heterocycles. The van der Waals surface area contributed by atoms with E-state index in [0.29, 0.717) is 17.1 Å². The van der Waals surface area contributed by atoms with Gasteiger partial charge in [0.1, 0.15) is 22.2 Å². The zero-order valence-corrected chi connectivity index (χ0v) is 23.2. The van der Waals surface area contributed by atoms with Crippen molar-refractivity contribution in [2.45, 2.75) is 30.0 Å². The van der Waals surface area contributed by atoms with Gasteiger partial charge in [-0.15, -0.1) is 0 Å². The first-order chi connectivity index (χ1) is 19.8. The number of benzene rings is 3. The first-order valence-corrected chi connectivity index (χ1v) is 13.8. The number of ether oxygens (including phenoxy) is 2. The van der Waals surface area contributed by atoms with Gasteiger partial charge in [-0.3, -0.25) is 4.79 Å². The molecule has 0 saturated carbocycles. The van der Waals surface area contributed by atoms with Crippen LogP contribution in [-0.2, 0) is 27.8 Å². The molecule has 3 aromatic carbocycles. The van der Waals surface area contributed by atoms with E-state index < -0.39 is 45.2 Å². The molecule has 1 amide bonds. The number of amides is 1. The maximum atomic E-state index is 14.7. The smallest absolute Gasteiger partial charge is 0.393 e. The molecule has 1 heterocycles. The number of carbonyl (C=O) groups is 1. The number of aromatic nitrogens is 2. The Balaban J connectivity index is 1.81. The molecule has 0 aliphatic rings. The summed E-state index contributed by atoms with van der Waals surface area (Å²) in [6, 6.07) is 13.9. The summed E-state index contributed by atoms with van der Waals surface area (Å²) in [5.41, 5.74) is 5.71.